The van der Waals surface area contributed by atoms with Gasteiger partial charge < -0.3 is 5.32 Å². The maximum Gasteiger partial charge on any atom is 0.0192 e. The Balaban J connectivity index is 3.91. The number of nitrogens with one attached hydrogen (secondary N) is 1. The first-order valence-corrected chi connectivity index (χ1v) is 7.99. The van der Waals surface area contributed by atoms with Crippen molar-refractivity contribution in [3.05, 3.63) is 0 Å². The molecule has 0 spiro atoms. The van der Waals surface area contributed by atoms with Crippen molar-refractivity contribution in [3.63, 3.8) is 0 Å². The van der Waals surface area contributed by atoms with Crippen LogP contribution in [0.1, 0.15) is 60.8 Å². The smallest absolute Gasteiger partial charge is 0.0192 e. The summed E-state index contributed by atoms with van der Waals surface area (Å²) in [5.74, 6) is 1.67. The van der Waals surface area contributed by atoms with Crippen molar-refractivity contribution in [2.45, 2.75) is 66.8 Å². The molecule has 0 saturated heterocycles. The van der Waals surface area contributed by atoms with Gasteiger partial charge in [0, 0.05) is 19.1 Å². The normalized spacial score (nSPS) is 13.8. The predicted molar refractivity (Wildman–Crippen MR) is 83.1 cm³/mol. The first-order valence-electron chi connectivity index (χ1n) is 7.99. The number of rotatable bonds is 11. The van der Waals surface area contributed by atoms with Gasteiger partial charge in [0.2, 0.25) is 0 Å². The molecular formula is C16H36N2. The summed E-state index contributed by atoms with van der Waals surface area (Å²) >= 11 is 0. The van der Waals surface area contributed by atoms with Crippen LogP contribution in [0.5, 0.6) is 0 Å². The molecule has 0 radical (unpaired) electrons. The lowest BCUT2D eigenvalue weighted by atomic mass is 10.0. The van der Waals surface area contributed by atoms with Gasteiger partial charge in [-0.05, 0) is 38.3 Å². The van der Waals surface area contributed by atoms with Crippen molar-refractivity contribution in [2.24, 2.45) is 11.8 Å². The second-order valence-corrected chi connectivity index (χ2v) is 6.01. The number of hydrogen-bond donors (Lipinski definition) is 1. The van der Waals surface area contributed by atoms with Gasteiger partial charge in [-0.3, -0.25) is 4.90 Å². The summed E-state index contributed by atoms with van der Waals surface area (Å²) < 4.78 is 0. The van der Waals surface area contributed by atoms with Gasteiger partial charge in [-0.1, -0.05) is 47.5 Å². The van der Waals surface area contributed by atoms with Crippen molar-refractivity contribution in [3.8, 4) is 0 Å². The highest BCUT2D eigenvalue weighted by Gasteiger charge is 2.15. The van der Waals surface area contributed by atoms with Crippen molar-refractivity contribution in [2.75, 3.05) is 26.2 Å². The maximum atomic E-state index is 3.60. The van der Waals surface area contributed by atoms with Crippen LogP contribution in [-0.4, -0.2) is 37.1 Å². The Labute approximate surface area is 116 Å². The van der Waals surface area contributed by atoms with Crippen LogP contribution in [0.3, 0.4) is 0 Å². The van der Waals surface area contributed by atoms with Crippen LogP contribution in [0, 0.1) is 11.8 Å². The van der Waals surface area contributed by atoms with Crippen molar-refractivity contribution in [1.29, 1.82) is 0 Å². The second-order valence-electron chi connectivity index (χ2n) is 6.01. The zero-order chi connectivity index (χ0) is 14.0. The summed E-state index contributed by atoms with van der Waals surface area (Å²) in [6.07, 6.45) is 3.90. The van der Waals surface area contributed by atoms with E-state index in [9.17, 15) is 0 Å². The molecule has 0 aliphatic heterocycles. The molecule has 0 fully saturated rings. The van der Waals surface area contributed by atoms with E-state index in [4.69, 9.17) is 0 Å². The molecule has 18 heavy (non-hydrogen) atoms. The largest absolute Gasteiger partial charge is 0.315 e. The second kappa shape index (κ2) is 10.8. The van der Waals surface area contributed by atoms with Crippen LogP contribution in [0.4, 0.5) is 0 Å². The minimum absolute atomic E-state index is 0.655. The van der Waals surface area contributed by atoms with Crippen LogP contribution in [0.2, 0.25) is 0 Å². The third kappa shape index (κ3) is 8.10. The summed E-state index contributed by atoms with van der Waals surface area (Å²) in [6, 6.07) is 0.655. The molecule has 1 unspecified atom stereocenters. The molecule has 2 nitrogen and oxygen atoms in total. The average Bonchev–Trinajstić information content (AvgIpc) is 2.35. The van der Waals surface area contributed by atoms with Crippen LogP contribution >= 0.6 is 0 Å². The third-order valence-corrected chi connectivity index (χ3v) is 4.02. The SMILES string of the molecule is CCC(CC)CN(CC)C(C)CNCCC(C)C. The minimum Gasteiger partial charge on any atom is -0.315 e. The van der Waals surface area contributed by atoms with Crippen LogP contribution in [0.25, 0.3) is 0 Å². The molecule has 0 heterocycles. The van der Waals surface area contributed by atoms with Gasteiger partial charge in [0.1, 0.15) is 0 Å². The highest BCUT2D eigenvalue weighted by molar-refractivity contribution is 4.71. The summed E-state index contributed by atoms with van der Waals surface area (Å²) in [6.45, 7) is 18.6. The van der Waals surface area contributed by atoms with E-state index in [1.807, 2.05) is 0 Å². The fraction of sp³-hybridized carbons (Fsp3) is 1.00. The first-order chi connectivity index (χ1) is 8.54. The molecule has 1 N–H and O–H groups in total. The Morgan fingerprint density at radius 1 is 1.00 bits per heavy atom. The fourth-order valence-electron chi connectivity index (χ4n) is 2.33. The molecule has 0 aliphatic carbocycles. The lowest BCUT2D eigenvalue weighted by Crippen LogP contribution is -2.42. The molecule has 0 aliphatic rings. The predicted octanol–water partition coefficient (Wildman–Crippen LogP) is 3.77. The van der Waals surface area contributed by atoms with E-state index < -0.39 is 0 Å². The molecule has 0 bridgehead atoms. The summed E-state index contributed by atoms with van der Waals surface area (Å²) in [5.41, 5.74) is 0. The lowest BCUT2D eigenvalue weighted by molar-refractivity contribution is 0.177. The quantitative estimate of drug-likeness (QED) is 0.566. The molecule has 0 rings (SSSR count). The van der Waals surface area contributed by atoms with E-state index in [0.29, 0.717) is 6.04 Å². The van der Waals surface area contributed by atoms with Crippen LogP contribution in [-0.2, 0) is 0 Å². The van der Waals surface area contributed by atoms with Gasteiger partial charge >= 0.3 is 0 Å². The summed E-state index contributed by atoms with van der Waals surface area (Å²) in [7, 11) is 0. The monoisotopic (exact) mass is 256 g/mol. The highest BCUT2D eigenvalue weighted by Crippen LogP contribution is 2.11. The van der Waals surface area contributed by atoms with Crippen molar-refractivity contribution >= 4 is 0 Å². The Kier molecular flexibility index (Phi) is 10.8. The maximum absolute atomic E-state index is 3.60. The van der Waals surface area contributed by atoms with E-state index in [1.165, 1.54) is 32.4 Å². The summed E-state index contributed by atoms with van der Waals surface area (Å²) in [4.78, 5) is 2.63. The van der Waals surface area contributed by atoms with Gasteiger partial charge in [-0.25, -0.2) is 0 Å². The van der Waals surface area contributed by atoms with E-state index in [1.54, 1.807) is 0 Å². The average molecular weight is 256 g/mol. The third-order valence-electron chi connectivity index (χ3n) is 4.02. The Hall–Kier alpha value is -0.0800. The van der Waals surface area contributed by atoms with Crippen LogP contribution < -0.4 is 5.32 Å². The Bertz CT molecular complexity index is 176. The number of likely N-dealkylation sites (N-methyl/N-ethyl adjacent to an activating group) is 1. The topological polar surface area (TPSA) is 15.3 Å². The van der Waals surface area contributed by atoms with Crippen molar-refractivity contribution < 1.29 is 0 Å². The standard InChI is InChI=1S/C16H36N2/c1-7-16(8-2)13-18(9-3)15(6)12-17-11-10-14(4)5/h14-17H,7-13H2,1-6H3. The zero-order valence-corrected chi connectivity index (χ0v) is 13.6. The van der Waals surface area contributed by atoms with Gasteiger partial charge in [0.15, 0.2) is 0 Å². The van der Waals surface area contributed by atoms with Crippen LogP contribution in [0.15, 0.2) is 0 Å². The molecule has 0 aromatic heterocycles. The van der Waals surface area contributed by atoms with Gasteiger partial charge in [-0.15, -0.1) is 0 Å². The van der Waals surface area contributed by atoms with Gasteiger partial charge in [0.25, 0.3) is 0 Å². The minimum atomic E-state index is 0.655. The van der Waals surface area contributed by atoms with E-state index in [-0.39, 0.29) is 0 Å². The first kappa shape index (κ1) is 17.9. The van der Waals surface area contributed by atoms with E-state index >= 15 is 0 Å². The van der Waals surface area contributed by atoms with Gasteiger partial charge in [-0.2, -0.15) is 0 Å². The molecular weight excluding hydrogens is 220 g/mol. The van der Waals surface area contributed by atoms with E-state index in [2.05, 4.69) is 51.8 Å². The molecule has 2 heteroatoms. The fourth-order valence-corrected chi connectivity index (χ4v) is 2.33. The molecule has 0 aromatic rings. The zero-order valence-electron chi connectivity index (χ0n) is 13.6. The lowest BCUT2D eigenvalue weighted by Gasteiger charge is -2.31. The number of nitrogens with zero attached hydrogens (tertiary/aromatic N) is 1. The highest BCUT2D eigenvalue weighted by atomic mass is 15.2. The summed E-state index contributed by atoms with van der Waals surface area (Å²) in [5, 5.41) is 3.60. The Morgan fingerprint density at radius 3 is 2.06 bits per heavy atom. The van der Waals surface area contributed by atoms with Gasteiger partial charge in [0.05, 0.1) is 0 Å². The molecule has 110 valence electrons. The molecule has 0 saturated carbocycles. The molecule has 0 aromatic carbocycles. The number of hydrogen-bond acceptors (Lipinski definition) is 2. The van der Waals surface area contributed by atoms with Crippen molar-refractivity contribution in [1.82, 2.24) is 10.2 Å². The molecule has 0 amide bonds. The Morgan fingerprint density at radius 2 is 1.61 bits per heavy atom. The van der Waals surface area contributed by atoms with E-state index in [0.717, 1.165) is 24.9 Å². The molecule has 1 atom stereocenters.